The average Bonchev–Trinajstić information content (AvgIpc) is 2.90. The first-order chi connectivity index (χ1) is 18.7. The Labute approximate surface area is 231 Å². The minimum absolute atomic E-state index is 0.0445. The summed E-state index contributed by atoms with van der Waals surface area (Å²) in [6, 6.07) is 11.6. The molecule has 1 aromatic heterocycles. The molecule has 40 heavy (non-hydrogen) atoms. The van der Waals surface area contributed by atoms with E-state index in [0.29, 0.717) is 29.1 Å². The highest BCUT2D eigenvalue weighted by Gasteiger charge is 2.38. The van der Waals surface area contributed by atoms with Crippen LogP contribution in [0.3, 0.4) is 0 Å². The van der Waals surface area contributed by atoms with E-state index in [-0.39, 0.29) is 19.0 Å². The number of aromatic nitrogens is 1. The number of nitrogens with one attached hydrogen (secondary N) is 1. The van der Waals surface area contributed by atoms with Gasteiger partial charge in [0.15, 0.2) is 0 Å². The molecule has 0 saturated heterocycles. The number of halogens is 7. The number of nitrogens with zero attached hydrogens (tertiary/aromatic N) is 2. The average molecular weight is 584 g/mol. The maximum atomic E-state index is 13.3. The number of pyridine rings is 1. The Balaban J connectivity index is 1.85. The van der Waals surface area contributed by atoms with Gasteiger partial charge in [0.1, 0.15) is 0 Å². The summed E-state index contributed by atoms with van der Waals surface area (Å²) in [6.07, 6.45) is -5.51. The quantitative estimate of drug-likeness (QED) is 0.235. The second kappa shape index (κ2) is 13.0. The van der Waals surface area contributed by atoms with Crippen LogP contribution in [0.4, 0.5) is 26.3 Å². The summed E-state index contributed by atoms with van der Waals surface area (Å²) in [6.45, 7) is 0.265. The summed E-state index contributed by atoms with van der Waals surface area (Å²) in [4.78, 5) is 30.8. The van der Waals surface area contributed by atoms with Crippen LogP contribution in [0.1, 0.15) is 32.7 Å². The van der Waals surface area contributed by atoms with Crippen molar-refractivity contribution in [2.75, 3.05) is 13.6 Å². The molecule has 212 valence electrons. The van der Waals surface area contributed by atoms with E-state index in [2.05, 4.69) is 10.3 Å². The first-order valence-electron chi connectivity index (χ1n) is 11.9. The van der Waals surface area contributed by atoms with Crippen molar-refractivity contribution in [3.63, 3.8) is 0 Å². The third-order valence-corrected chi connectivity index (χ3v) is 6.14. The predicted octanol–water partition coefficient (Wildman–Crippen LogP) is 6.37. The summed E-state index contributed by atoms with van der Waals surface area (Å²) >= 11 is 5.92. The molecule has 1 unspecified atom stereocenters. The highest BCUT2D eigenvalue weighted by atomic mass is 35.5. The largest absolute Gasteiger partial charge is 0.416 e. The first kappa shape index (κ1) is 30.7. The van der Waals surface area contributed by atoms with E-state index in [9.17, 15) is 35.9 Å². The summed E-state index contributed by atoms with van der Waals surface area (Å²) in [5.41, 5.74) is -2.57. The molecular formula is C28H24ClF6N3O2. The van der Waals surface area contributed by atoms with E-state index < -0.39 is 46.9 Å². The van der Waals surface area contributed by atoms with Crippen molar-refractivity contribution >= 4 is 23.4 Å². The number of hydrogen-bond acceptors (Lipinski definition) is 3. The maximum absolute atomic E-state index is 13.3. The monoisotopic (exact) mass is 583 g/mol. The van der Waals surface area contributed by atoms with Crippen LogP contribution in [0, 0.1) is 0 Å². The highest BCUT2D eigenvalue weighted by Crippen LogP contribution is 2.36. The number of hydrogen-bond donors (Lipinski definition) is 1. The van der Waals surface area contributed by atoms with Crippen LogP contribution in [-0.2, 0) is 30.0 Å². The van der Waals surface area contributed by atoms with Crippen LogP contribution in [0.25, 0.3) is 0 Å². The lowest BCUT2D eigenvalue weighted by atomic mass is 10.0. The number of amides is 2. The molecule has 0 spiro atoms. The highest BCUT2D eigenvalue weighted by molar-refractivity contribution is 6.30. The zero-order chi connectivity index (χ0) is 29.5. The lowest BCUT2D eigenvalue weighted by Gasteiger charge is -2.27. The van der Waals surface area contributed by atoms with Crippen LogP contribution in [0.2, 0.25) is 5.02 Å². The molecule has 3 rings (SSSR count). The molecule has 12 heteroatoms. The fraction of sp³-hybridized carbons (Fsp3) is 0.250. The minimum Gasteiger partial charge on any atom is -0.352 e. The van der Waals surface area contributed by atoms with Gasteiger partial charge in [-0.05, 0) is 54.4 Å². The van der Waals surface area contributed by atoms with Crippen molar-refractivity contribution in [2.24, 2.45) is 0 Å². The van der Waals surface area contributed by atoms with Gasteiger partial charge in [-0.25, -0.2) is 0 Å². The van der Waals surface area contributed by atoms with Gasteiger partial charge in [-0.1, -0.05) is 35.9 Å². The van der Waals surface area contributed by atoms with E-state index in [1.54, 1.807) is 48.7 Å². The minimum atomic E-state index is -5.11. The van der Waals surface area contributed by atoms with Crippen LogP contribution in [-0.4, -0.2) is 41.3 Å². The van der Waals surface area contributed by atoms with Crippen molar-refractivity contribution in [1.29, 1.82) is 0 Å². The molecule has 0 aliphatic rings. The molecule has 5 nitrogen and oxygen atoms in total. The number of carbonyl (C=O) groups excluding carboxylic acids is 2. The molecular weight excluding hydrogens is 560 g/mol. The molecule has 1 N–H and O–H groups in total. The smallest absolute Gasteiger partial charge is 0.352 e. The molecule has 1 heterocycles. The van der Waals surface area contributed by atoms with Gasteiger partial charge in [0, 0.05) is 48.6 Å². The third-order valence-electron chi connectivity index (χ3n) is 5.89. The normalized spacial score (nSPS) is 12.8. The molecule has 0 aliphatic heterocycles. The van der Waals surface area contributed by atoms with Gasteiger partial charge in [0.05, 0.1) is 17.2 Å². The fourth-order valence-electron chi connectivity index (χ4n) is 3.75. The van der Waals surface area contributed by atoms with Crippen LogP contribution in [0.5, 0.6) is 0 Å². The number of carbonyl (C=O) groups is 2. The molecule has 0 saturated carbocycles. The van der Waals surface area contributed by atoms with Crippen molar-refractivity contribution in [3.05, 3.63) is 112 Å². The Morgan fingerprint density at radius 3 is 2.15 bits per heavy atom. The topological polar surface area (TPSA) is 62.3 Å². The Bertz CT molecular complexity index is 1310. The maximum Gasteiger partial charge on any atom is 0.416 e. The standard InChI is InChI=1S/C28H24ClF6N3O2/c1-38(26(40)19-15-20(27(30,31)32)17-21(16-19)28(33,34)35)24(14-18-5-7-22(29)8-6-18)9-10-25(39)37-13-11-23-4-2-3-12-36-23/h2-10,12,15-17,24H,11,13-14H2,1H3,(H,37,39). The zero-order valence-electron chi connectivity index (χ0n) is 21.1. The number of benzene rings is 2. The summed E-state index contributed by atoms with van der Waals surface area (Å²) in [7, 11) is 1.24. The second-order valence-corrected chi connectivity index (χ2v) is 9.27. The van der Waals surface area contributed by atoms with Gasteiger partial charge in [-0.2, -0.15) is 26.3 Å². The van der Waals surface area contributed by atoms with E-state index in [1.165, 1.54) is 13.1 Å². The summed E-state index contributed by atoms with van der Waals surface area (Å²) in [5.74, 6) is -1.59. The molecule has 2 amide bonds. The zero-order valence-corrected chi connectivity index (χ0v) is 21.8. The molecule has 0 aliphatic carbocycles. The summed E-state index contributed by atoms with van der Waals surface area (Å²) < 4.78 is 80.0. The number of alkyl halides is 6. The molecule has 0 bridgehead atoms. The molecule has 0 fully saturated rings. The lowest BCUT2D eigenvalue weighted by Crippen LogP contribution is -2.38. The van der Waals surface area contributed by atoms with E-state index in [4.69, 9.17) is 11.6 Å². The van der Waals surface area contributed by atoms with Gasteiger partial charge in [-0.3, -0.25) is 14.6 Å². The molecule has 0 radical (unpaired) electrons. The SMILES string of the molecule is CN(C(=O)c1cc(C(F)(F)F)cc(C(F)(F)F)c1)C(C=CC(=O)NCCc1ccccn1)Cc1ccc(Cl)cc1. The van der Waals surface area contributed by atoms with Gasteiger partial charge in [0.25, 0.3) is 5.91 Å². The molecule has 1 atom stereocenters. The van der Waals surface area contributed by atoms with Crippen molar-refractivity contribution in [1.82, 2.24) is 15.2 Å². The number of rotatable bonds is 9. The molecule has 2 aromatic carbocycles. The van der Waals surface area contributed by atoms with Crippen LogP contribution >= 0.6 is 11.6 Å². The van der Waals surface area contributed by atoms with E-state index >= 15 is 0 Å². The Hall–Kier alpha value is -3.86. The number of likely N-dealkylation sites (N-methyl/N-ethyl adjacent to an activating group) is 1. The van der Waals surface area contributed by atoms with Crippen LogP contribution < -0.4 is 5.32 Å². The van der Waals surface area contributed by atoms with Gasteiger partial charge < -0.3 is 10.2 Å². The van der Waals surface area contributed by atoms with Gasteiger partial charge in [-0.15, -0.1) is 0 Å². The van der Waals surface area contributed by atoms with Crippen molar-refractivity contribution < 1.29 is 35.9 Å². The molecule has 3 aromatic rings. The van der Waals surface area contributed by atoms with Gasteiger partial charge in [0.2, 0.25) is 5.91 Å². The Kier molecular flexibility index (Phi) is 9.97. The third kappa shape index (κ3) is 8.84. The first-order valence-corrected chi connectivity index (χ1v) is 12.3. The van der Waals surface area contributed by atoms with E-state index in [1.807, 2.05) is 0 Å². The Morgan fingerprint density at radius 1 is 0.975 bits per heavy atom. The van der Waals surface area contributed by atoms with Gasteiger partial charge >= 0.3 is 12.4 Å². The second-order valence-electron chi connectivity index (χ2n) is 8.83. The van der Waals surface area contributed by atoms with E-state index in [0.717, 1.165) is 16.7 Å². The fourth-order valence-corrected chi connectivity index (χ4v) is 3.87. The van der Waals surface area contributed by atoms with Crippen molar-refractivity contribution in [2.45, 2.75) is 31.2 Å². The lowest BCUT2D eigenvalue weighted by molar-refractivity contribution is -0.143. The Morgan fingerprint density at radius 2 is 1.60 bits per heavy atom. The van der Waals surface area contributed by atoms with Crippen LogP contribution in [0.15, 0.2) is 79.0 Å². The summed E-state index contributed by atoms with van der Waals surface area (Å²) in [5, 5.41) is 3.11. The van der Waals surface area contributed by atoms with Crippen molar-refractivity contribution in [3.8, 4) is 0 Å². The predicted molar refractivity (Wildman–Crippen MR) is 138 cm³/mol.